The Kier molecular flexibility index (Phi) is 5.72. The van der Waals surface area contributed by atoms with E-state index in [1.54, 1.807) is 18.4 Å². The van der Waals surface area contributed by atoms with Crippen LogP contribution in [0, 0.1) is 24.0 Å². The van der Waals surface area contributed by atoms with E-state index < -0.39 is 4.92 Å². The number of carbonyl (C=O) groups is 1. The molecular formula is C21H19N5O4S. The van der Waals surface area contributed by atoms with Crippen LogP contribution in [-0.4, -0.2) is 31.1 Å². The molecule has 1 aromatic carbocycles. The number of rotatable bonds is 7. The maximum Gasteiger partial charge on any atom is 0.292 e. The van der Waals surface area contributed by atoms with E-state index in [0.29, 0.717) is 11.6 Å². The van der Waals surface area contributed by atoms with Gasteiger partial charge in [-0.05, 0) is 37.6 Å². The first-order valence-corrected chi connectivity index (χ1v) is 10.4. The molecule has 0 spiro atoms. The van der Waals surface area contributed by atoms with E-state index in [0.717, 1.165) is 28.1 Å². The fourth-order valence-corrected chi connectivity index (χ4v) is 4.21. The Morgan fingerprint density at radius 1 is 1.23 bits per heavy atom. The number of fused-ring (bicyclic) bond motifs is 1. The lowest BCUT2D eigenvalue weighted by Gasteiger charge is -2.07. The predicted octanol–water partition coefficient (Wildman–Crippen LogP) is 4.33. The van der Waals surface area contributed by atoms with Crippen LogP contribution in [0.5, 0.6) is 0 Å². The van der Waals surface area contributed by atoms with Gasteiger partial charge in [-0.25, -0.2) is 9.97 Å². The van der Waals surface area contributed by atoms with E-state index in [9.17, 15) is 14.9 Å². The topological polar surface area (TPSA) is 116 Å². The van der Waals surface area contributed by atoms with Gasteiger partial charge < -0.3 is 14.3 Å². The molecule has 3 aromatic heterocycles. The molecular weight excluding hydrogens is 418 g/mol. The van der Waals surface area contributed by atoms with Crippen LogP contribution in [0.2, 0.25) is 0 Å². The summed E-state index contributed by atoms with van der Waals surface area (Å²) in [5.41, 5.74) is 2.86. The molecule has 9 nitrogen and oxygen atoms in total. The van der Waals surface area contributed by atoms with Crippen molar-refractivity contribution in [3.05, 3.63) is 76.1 Å². The van der Waals surface area contributed by atoms with Gasteiger partial charge in [-0.2, -0.15) is 0 Å². The standard InChI is InChI=1S/C21H19N5O4S/c1-13-14(2)25(10-15-6-5-9-30-15)20-19(13)21(23-12-22-20)31-11-18(27)24-16-7-3-4-8-17(16)26(28)29/h3-9,12H,10-11H2,1-2H3,(H,24,27). The summed E-state index contributed by atoms with van der Waals surface area (Å²) in [6.45, 7) is 4.55. The average molecular weight is 437 g/mol. The number of carbonyl (C=O) groups excluding carboxylic acids is 1. The lowest BCUT2D eigenvalue weighted by Crippen LogP contribution is -2.15. The number of thioether (sulfide) groups is 1. The fourth-order valence-electron chi connectivity index (χ4n) is 3.36. The van der Waals surface area contributed by atoms with Crippen LogP contribution >= 0.6 is 11.8 Å². The Hall–Kier alpha value is -3.66. The number of hydrogen-bond donors (Lipinski definition) is 1. The van der Waals surface area contributed by atoms with Crippen molar-refractivity contribution in [3.8, 4) is 0 Å². The smallest absolute Gasteiger partial charge is 0.292 e. The van der Waals surface area contributed by atoms with Gasteiger partial charge in [0.2, 0.25) is 5.91 Å². The molecule has 0 saturated heterocycles. The van der Waals surface area contributed by atoms with E-state index in [2.05, 4.69) is 19.9 Å². The molecule has 158 valence electrons. The monoisotopic (exact) mass is 437 g/mol. The molecule has 1 N–H and O–H groups in total. The quantitative estimate of drug-likeness (QED) is 0.198. The Bertz CT molecular complexity index is 1270. The van der Waals surface area contributed by atoms with Gasteiger partial charge in [0.05, 0.1) is 28.9 Å². The first kappa shape index (κ1) is 20.6. The number of hydrogen-bond acceptors (Lipinski definition) is 7. The molecule has 0 bridgehead atoms. The zero-order valence-electron chi connectivity index (χ0n) is 16.9. The van der Waals surface area contributed by atoms with Crippen molar-refractivity contribution < 1.29 is 14.1 Å². The molecule has 0 atom stereocenters. The number of furan rings is 1. The minimum absolute atomic E-state index is 0.0556. The largest absolute Gasteiger partial charge is 0.467 e. The molecule has 0 radical (unpaired) electrons. The first-order valence-electron chi connectivity index (χ1n) is 9.44. The molecule has 3 heterocycles. The van der Waals surface area contributed by atoms with Crippen LogP contribution in [-0.2, 0) is 11.3 Å². The Balaban J connectivity index is 1.55. The zero-order valence-corrected chi connectivity index (χ0v) is 17.7. The molecule has 0 fully saturated rings. The number of anilines is 1. The van der Waals surface area contributed by atoms with Gasteiger partial charge >= 0.3 is 0 Å². The Morgan fingerprint density at radius 2 is 2.03 bits per heavy atom. The van der Waals surface area contributed by atoms with E-state index in [1.165, 1.54) is 30.2 Å². The predicted molar refractivity (Wildman–Crippen MR) is 117 cm³/mol. The fraction of sp³-hybridized carbons (Fsp3) is 0.190. The highest BCUT2D eigenvalue weighted by Gasteiger charge is 2.19. The van der Waals surface area contributed by atoms with Crippen LogP contribution in [0.4, 0.5) is 11.4 Å². The highest BCUT2D eigenvalue weighted by Crippen LogP contribution is 2.32. The number of nitro groups is 1. The maximum absolute atomic E-state index is 12.4. The highest BCUT2D eigenvalue weighted by atomic mass is 32.2. The van der Waals surface area contributed by atoms with Crippen molar-refractivity contribution in [3.63, 3.8) is 0 Å². The molecule has 0 saturated carbocycles. The minimum Gasteiger partial charge on any atom is -0.467 e. The van der Waals surface area contributed by atoms with Gasteiger partial charge in [-0.1, -0.05) is 23.9 Å². The number of aromatic nitrogens is 3. The molecule has 10 heteroatoms. The Labute approximate surface area is 181 Å². The normalized spacial score (nSPS) is 11.0. The molecule has 4 aromatic rings. The van der Waals surface area contributed by atoms with Crippen molar-refractivity contribution in [2.75, 3.05) is 11.1 Å². The average Bonchev–Trinajstić information content (AvgIpc) is 3.36. The second-order valence-corrected chi connectivity index (χ2v) is 7.83. The van der Waals surface area contributed by atoms with Gasteiger partial charge in [-0.15, -0.1) is 0 Å². The molecule has 0 aliphatic heterocycles. The minimum atomic E-state index is -0.523. The number of amides is 1. The summed E-state index contributed by atoms with van der Waals surface area (Å²) >= 11 is 1.27. The third kappa shape index (κ3) is 4.15. The number of nitrogens with zero attached hydrogens (tertiary/aromatic N) is 4. The van der Waals surface area contributed by atoms with Crippen LogP contribution in [0.3, 0.4) is 0 Å². The summed E-state index contributed by atoms with van der Waals surface area (Å²) in [6.07, 6.45) is 3.11. The number of para-hydroxylation sites is 2. The zero-order chi connectivity index (χ0) is 22.0. The summed E-state index contributed by atoms with van der Waals surface area (Å²) in [7, 11) is 0. The van der Waals surface area contributed by atoms with E-state index in [-0.39, 0.29) is 23.0 Å². The van der Waals surface area contributed by atoms with Crippen LogP contribution < -0.4 is 5.32 Å². The van der Waals surface area contributed by atoms with Gasteiger partial charge in [0.15, 0.2) is 0 Å². The van der Waals surface area contributed by atoms with Crippen molar-refractivity contribution in [1.29, 1.82) is 0 Å². The number of nitro benzene ring substituents is 1. The summed E-state index contributed by atoms with van der Waals surface area (Å²) in [5, 5.41) is 15.3. The molecule has 0 aliphatic carbocycles. The first-order chi connectivity index (χ1) is 15.0. The SMILES string of the molecule is Cc1c(C)n(Cc2ccco2)c2ncnc(SCC(=O)Nc3ccccc3[N+](=O)[O-])c12. The second kappa shape index (κ2) is 8.60. The summed E-state index contributed by atoms with van der Waals surface area (Å²) in [6, 6.07) is 9.80. The van der Waals surface area contributed by atoms with Gasteiger partial charge in [0.1, 0.15) is 28.4 Å². The van der Waals surface area contributed by atoms with Gasteiger partial charge in [0, 0.05) is 11.8 Å². The van der Waals surface area contributed by atoms with Crippen molar-refractivity contribution in [1.82, 2.24) is 14.5 Å². The van der Waals surface area contributed by atoms with Gasteiger partial charge in [0.25, 0.3) is 5.69 Å². The number of benzene rings is 1. The lowest BCUT2D eigenvalue weighted by molar-refractivity contribution is -0.383. The molecule has 31 heavy (non-hydrogen) atoms. The highest BCUT2D eigenvalue weighted by molar-refractivity contribution is 8.00. The van der Waals surface area contributed by atoms with Crippen LogP contribution in [0.1, 0.15) is 17.0 Å². The van der Waals surface area contributed by atoms with Crippen molar-refractivity contribution in [2.24, 2.45) is 0 Å². The number of nitrogens with one attached hydrogen (secondary N) is 1. The van der Waals surface area contributed by atoms with E-state index >= 15 is 0 Å². The van der Waals surface area contributed by atoms with Crippen molar-refractivity contribution in [2.45, 2.75) is 25.4 Å². The lowest BCUT2D eigenvalue weighted by atomic mass is 10.2. The molecule has 4 rings (SSSR count). The molecule has 0 unspecified atom stereocenters. The molecule has 0 aliphatic rings. The second-order valence-electron chi connectivity index (χ2n) is 6.86. The van der Waals surface area contributed by atoms with Crippen LogP contribution in [0.25, 0.3) is 11.0 Å². The number of aryl methyl sites for hydroxylation is 1. The van der Waals surface area contributed by atoms with Gasteiger partial charge in [-0.3, -0.25) is 14.9 Å². The Morgan fingerprint density at radius 3 is 2.77 bits per heavy atom. The third-order valence-electron chi connectivity index (χ3n) is 4.98. The summed E-state index contributed by atoms with van der Waals surface area (Å²) in [4.78, 5) is 31.9. The van der Waals surface area contributed by atoms with Crippen molar-refractivity contribution >= 4 is 40.1 Å². The molecule has 1 amide bonds. The van der Waals surface area contributed by atoms with E-state index in [4.69, 9.17) is 4.42 Å². The third-order valence-corrected chi connectivity index (χ3v) is 5.97. The summed E-state index contributed by atoms with van der Waals surface area (Å²) in [5.74, 6) is 0.520. The van der Waals surface area contributed by atoms with Crippen LogP contribution in [0.15, 0.2) is 58.4 Å². The van der Waals surface area contributed by atoms with E-state index in [1.807, 2.05) is 26.0 Å². The summed E-state index contributed by atoms with van der Waals surface area (Å²) < 4.78 is 7.53. The maximum atomic E-state index is 12.4.